The summed E-state index contributed by atoms with van der Waals surface area (Å²) in [5.74, 6) is -0.0188. The Kier molecular flexibility index (Phi) is 10.3. The molecule has 8 aromatic carbocycles. The third-order valence-corrected chi connectivity index (χ3v) is 20.3. The maximum atomic E-state index is 7.33. The Balaban J connectivity index is 1.19. The van der Waals surface area contributed by atoms with E-state index in [0.717, 1.165) is 30.4 Å². The van der Waals surface area contributed by atoms with Crippen molar-refractivity contribution in [1.29, 1.82) is 0 Å². The van der Waals surface area contributed by atoms with Gasteiger partial charge in [0.2, 0.25) is 0 Å². The van der Waals surface area contributed by atoms with Gasteiger partial charge in [-0.15, -0.1) is 0 Å². The van der Waals surface area contributed by atoms with Crippen molar-refractivity contribution in [2.45, 2.75) is 160 Å². The first-order valence-corrected chi connectivity index (χ1v) is 29.0. The number of rotatable bonds is 5. The van der Waals surface area contributed by atoms with E-state index in [4.69, 9.17) is 4.42 Å². The number of hydrogen-bond donors (Lipinski definition) is 0. The molecular formula is C73H75BN2O. The summed E-state index contributed by atoms with van der Waals surface area (Å²) in [5, 5.41) is 2.43. The third kappa shape index (κ3) is 6.95. The van der Waals surface area contributed by atoms with Gasteiger partial charge in [-0.3, -0.25) is 0 Å². The van der Waals surface area contributed by atoms with Crippen LogP contribution in [-0.4, -0.2) is 12.4 Å². The van der Waals surface area contributed by atoms with Crippen LogP contribution in [0.5, 0.6) is 0 Å². The van der Waals surface area contributed by atoms with Crippen molar-refractivity contribution in [2.24, 2.45) is 0 Å². The molecule has 0 radical (unpaired) electrons. The SMILES string of the molecule is CC(C)(C)c1ccc(N2c3cc(C(c4ccccc4)c4ccccc4)cc4c3B(c3ccc5oc6cc7c(cc6c5c32)C(C)(C)CCC7(C)C)N2c3c-4cc(C(C)(C)C)cc3C3(C)CCCCC23C)c(-c2ccccc2)c1. The number of benzene rings is 8. The molecule has 4 heteroatoms. The Bertz CT molecular complexity index is 3850. The summed E-state index contributed by atoms with van der Waals surface area (Å²) in [4.78, 5) is 5.76. The van der Waals surface area contributed by atoms with Crippen LogP contribution in [-0.2, 0) is 27.1 Å². The van der Waals surface area contributed by atoms with Crippen molar-refractivity contribution in [3.63, 3.8) is 0 Å². The lowest BCUT2D eigenvalue weighted by molar-refractivity contribution is 0.199. The zero-order chi connectivity index (χ0) is 53.3. The Morgan fingerprint density at radius 1 is 0.494 bits per heavy atom. The molecule has 2 atom stereocenters. The monoisotopic (exact) mass is 1010 g/mol. The molecule has 1 aromatic heterocycles. The molecule has 386 valence electrons. The quantitative estimate of drug-likeness (QED) is 0.127. The molecule has 3 aliphatic heterocycles. The van der Waals surface area contributed by atoms with E-state index in [1.165, 1.54) is 125 Å². The van der Waals surface area contributed by atoms with Crippen LogP contribution in [0.1, 0.15) is 172 Å². The molecule has 77 heavy (non-hydrogen) atoms. The highest BCUT2D eigenvalue weighted by molar-refractivity contribution is 6.93. The zero-order valence-corrected chi connectivity index (χ0v) is 47.7. The highest BCUT2D eigenvalue weighted by atomic mass is 16.3. The highest BCUT2D eigenvalue weighted by Gasteiger charge is 2.63. The van der Waals surface area contributed by atoms with Gasteiger partial charge in [0.25, 0.3) is 0 Å². The van der Waals surface area contributed by atoms with Crippen molar-refractivity contribution in [2.75, 3.05) is 9.71 Å². The van der Waals surface area contributed by atoms with Crippen molar-refractivity contribution in [3.8, 4) is 22.3 Å². The second kappa shape index (κ2) is 16.4. The summed E-state index contributed by atoms with van der Waals surface area (Å²) in [7, 11) is 0. The van der Waals surface area contributed by atoms with E-state index in [-0.39, 0.29) is 45.4 Å². The molecule has 2 aliphatic carbocycles. The van der Waals surface area contributed by atoms with Gasteiger partial charge < -0.3 is 14.1 Å². The van der Waals surface area contributed by atoms with Crippen LogP contribution in [0.4, 0.5) is 22.7 Å². The Labute approximate surface area is 458 Å². The molecule has 0 amide bonds. The van der Waals surface area contributed by atoms with Crippen LogP contribution in [0.2, 0.25) is 0 Å². The molecule has 9 aromatic rings. The summed E-state index contributed by atoms with van der Waals surface area (Å²) in [6.07, 6.45) is 7.09. The minimum atomic E-state index is -0.140. The van der Waals surface area contributed by atoms with Crippen LogP contribution in [0, 0.1) is 0 Å². The van der Waals surface area contributed by atoms with E-state index in [2.05, 4.69) is 251 Å². The molecule has 3 nitrogen and oxygen atoms in total. The van der Waals surface area contributed by atoms with E-state index < -0.39 is 0 Å². The van der Waals surface area contributed by atoms with E-state index >= 15 is 0 Å². The second-order valence-electron chi connectivity index (χ2n) is 27.8. The summed E-state index contributed by atoms with van der Waals surface area (Å²) in [6.45, 7) is 29.3. The van der Waals surface area contributed by atoms with Gasteiger partial charge in [-0.05, 0) is 163 Å². The molecule has 0 spiro atoms. The predicted octanol–water partition coefficient (Wildman–Crippen LogP) is 18.4. The van der Waals surface area contributed by atoms with Gasteiger partial charge in [-0.1, -0.05) is 204 Å². The van der Waals surface area contributed by atoms with Gasteiger partial charge in [0.15, 0.2) is 0 Å². The van der Waals surface area contributed by atoms with E-state index in [0.29, 0.717) is 0 Å². The molecule has 4 heterocycles. The van der Waals surface area contributed by atoms with Gasteiger partial charge in [0.1, 0.15) is 11.2 Å². The van der Waals surface area contributed by atoms with E-state index in [1.807, 2.05) is 0 Å². The minimum absolute atomic E-state index is 0.0188. The topological polar surface area (TPSA) is 19.6 Å². The number of anilines is 4. The minimum Gasteiger partial charge on any atom is -0.456 e. The zero-order valence-electron chi connectivity index (χ0n) is 47.7. The van der Waals surface area contributed by atoms with Gasteiger partial charge in [0, 0.05) is 44.8 Å². The fourth-order valence-electron chi connectivity index (χ4n) is 15.5. The number of furan rings is 1. The van der Waals surface area contributed by atoms with Crippen LogP contribution < -0.4 is 20.6 Å². The predicted molar refractivity (Wildman–Crippen MR) is 328 cm³/mol. The molecule has 2 unspecified atom stereocenters. The molecule has 1 saturated carbocycles. The summed E-state index contributed by atoms with van der Waals surface area (Å²) >= 11 is 0. The van der Waals surface area contributed by atoms with E-state index in [9.17, 15) is 0 Å². The lowest BCUT2D eigenvalue weighted by Crippen LogP contribution is -2.70. The summed E-state index contributed by atoms with van der Waals surface area (Å²) in [6, 6.07) is 61.6. The van der Waals surface area contributed by atoms with Crippen molar-refractivity contribution in [1.82, 2.24) is 0 Å². The van der Waals surface area contributed by atoms with Crippen LogP contribution in [0.3, 0.4) is 0 Å². The molecule has 0 N–H and O–H groups in total. The summed E-state index contributed by atoms with van der Waals surface area (Å²) in [5.41, 5.74) is 25.8. The van der Waals surface area contributed by atoms with Crippen molar-refractivity contribution >= 4 is 62.5 Å². The maximum Gasteiger partial charge on any atom is 0.328 e. The Morgan fingerprint density at radius 3 is 1.75 bits per heavy atom. The smallest absolute Gasteiger partial charge is 0.328 e. The lowest BCUT2D eigenvalue weighted by atomic mass is 9.42. The standard InChI is InChI=1S/C73H75BN2O/c1-68(2,3)49-30-32-59(51(40-49)45-24-16-13-17-25-45)75-60-39-48(63(46-26-18-14-19-27-46)47-28-20-15-21-29-47)38-52-53-41-50(69(4,5)6)42-57-66(53)76(73(12)35-23-22-34-72(57,73)11)74(65(52)60)58-31-33-61-64(67(58)75)54-43-55-56(44-62(54)77-61)71(9,10)37-36-70(55,7)8/h13-21,24-33,38-44,63H,22-23,34-37H2,1-12H3. The Hall–Kier alpha value is -6.78. The van der Waals surface area contributed by atoms with Gasteiger partial charge in [-0.2, -0.15) is 0 Å². The first-order valence-electron chi connectivity index (χ1n) is 29.0. The van der Waals surface area contributed by atoms with Gasteiger partial charge >= 0.3 is 6.85 Å². The fraction of sp³-hybridized carbons (Fsp3) is 0.342. The van der Waals surface area contributed by atoms with Gasteiger partial charge in [0.05, 0.1) is 16.8 Å². The number of fused-ring (bicyclic) bond motifs is 12. The molecule has 5 aliphatic rings. The van der Waals surface area contributed by atoms with Crippen LogP contribution in [0.15, 0.2) is 162 Å². The molecular weight excluding hydrogens is 932 g/mol. The molecule has 0 saturated heterocycles. The molecule has 0 bridgehead atoms. The molecule has 1 fully saturated rings. The number of hydrogen-bond acceptors (Lipinski definition) is 3. The van der Waals surface area contributed by atoms with Crippen LogP contribution in [0.25, 0.3) is 44.2 Å². The lowest BCUT2D eigenvalue weighted by Gasteiger charge is -2.55. The Morgan fingerprint density at radius 2 is 1.10 bits per heavy atom. The first kappa shape index (κ1) is 48.6. The fourth-order valence-corrected chi connectivity index (χ4v) is 15.5. The number of nitrogens with zero attached hydrogens (tertiary/aromatic N) is 2. The van der Waals surface area contributed by atoms with Crippen molar-refractivity contribution < 1.29 is 4.42 Å². The first-order chi connectivity index (χ1) is 36.7. The highest BCUT2D eigenvalue weighted by Crippen LogP contribution is 2.64. The average molecular weight is 1010 g/mol. The van der Waals surface area contributed by atoms with Gasteiger partial charge in [-0.25, -0.2) is 0 Å². The normalized spacial score (nSPS) is 20.8. The largest absolute Gasteiger partial charge is 0.456 e. The van der Waals surface area contributed by atoms with Crippen LogP contribution >= 0.6 is 0 Å². The molecule has 14 rings (SSSR count). The second-order valence-corrected chi connectivity index (χ2v) is 27.8. The van der Waals surface area contributed by atoms with Crippen molar-refractivity contribution in [3.05, 3.63) is 202 Å². The third-order valence-electron chi connectivity index (χ3n) is 20.3. The van der Waals surface area contributed by atoms with E-state index in [1.54, 1.807) is 5.56 Å². The maximum absolute atomic E-state index is 7.33. The average Bonchev–Trinajstić information content (AvgIpc) is 4.06. The summed E-state index contributed by atoms with van der Waals surface area (Å²) < 4.78 is 7.33.